The van der Waals surface area contributed by atoms with Gasteiger partial charge < -0.3 is 10.0 Å². The lowest BCUT2D eigenvalue weighted by molar-refractivity contribution is 0.0568. The number of carbonyl (C=O) groups excluding carboxylic acids is 1. The number of nitrogens with zero attached hydrogens (tertiary/aromatic N) is 1. The van der Waals surface area contributed by atoms with Crippen molar-refractivity contribution in [3.63, 3.8) is 0 Å². The lowest BCUT2D eigenvalue weighted by Crippen LogP contribution is -2.41. The first-order valence-electron chi connectivity index (χ1n) is 7.84. The van der Waals surface area contributed by atoms with Gasteiger partial charge in [-0.1, -0.05) is 26.0 Å². The zero-order chi connectivity index (χ0) is 16.8. The van der Waals surface area contributed by atoms with Gasteiger partial charge in [-0.05, 0) is 42.7 Å². The molecule has 0 aliphatic rings. The summed E-state index contributed by atoms with van der Waals surface area (Å²) in [6.45, 7) is 4.27. The van der Waals surface area contributed by atoms with Gasteiger partial charge in [0.05, 0.1) is 17.5 Å². The molecule has 2 rings (SSSR count). The van der Waals surface area contributed by atoms with Crippen LogP contribution in [-0.4, -0.2) is 28.6 Å². The second kappa shape index (κ2) is 8.22. The molecule has 5 heteroatoms. The molecule has 0 aliphatic carbocycles. The molecule has 0 saturated carbocycles. The Kier molecular flexibility index (Phi) is 6.30. The number of aryl methyl sites for hydroxylation is 1. The normalized spacial score (nSPS) is 12.2. The summed E-state index contributed by atoms with van der Waals surface area (Å²) in [6, 6.07) is 9.68. The molecule has 1 amide bonds. The van der Waals surface area contributed by atoms with Crippen LogP contribution in [0, 0.1) is 5.82 Å². The van der Waals surface area contributed by atoms with E-state index in [0.717, 1.165) is 16.9 Å². The van der Waals surface area contributed by atoms with Gasteiger partial charge in [0.15, 0.2) is 0 Å². The van der Waals surface area contributed by atoms with Crippen LogP contribution in [0.4, 0.5) is 4.39 Å². The largest absolute Gasteiger partial charge is 0.394 e. The number of halogens is 1. The number of amides is 1. The molecule has 1 N–H and O–H groups in total. The summed E-state index contributed by atoms with van der Waals surface area (Å²) in [7, 11) is 0. The summed E-state index contributed by atoms with van der Waals surface area (Å²) >= 11 is 1.49. The maximum atomic E-state index is 13.1. The zero-order valence-electron chi connectivity index (χ0n) is 13.5. The van der Waals surface area contributed by atoms with Crippen LogP contribution in [0.15, 0.2) is 36.4 Å². The predicted octanol–water partition coefficient (Wildman–Crippen LogP) is 3.86. The van der Waals surface area contributed by atoms with Gasteiger partial charge in [-0.25, -0.2) is 4.39 Å². The maximum Gasteiger partial charge on any atom is 0.264 e. The molecular weight excluding hydrogens is 313 g/mol. The minimum atomic E-state index is -0.299. The summed E-state index contributed by atoms with van der Waals surface area (Å²) in [6.07, 6.45) is 1.56. The monoisotopic (exact) mass is 335 g/mol. The number of benzene rings is 1. The molecule has 3 nitrogen and oxygen atoms in total. The Balaban J connectivity index is 2.25. The first-order chi connectivity index (χ1) is 11.1. The Hall–Kier alpha value is -1.72. The molecule has 0 aliphatic heterocycles. The van der Waals surface area contributed by atoms with Crippen molar-refractivity contribution in [1.82, 2.24) is 4.90 Å². The van der Waals surface area contributed by atoms with Crippen molar-refractivity contribution < 1.29 is 14.3 Å². The predicted molar refractivity (Wildman–Crippen MR) is 91.1 cm³/mol. The number of hydrogen-bond acceptors (Lipinski definition) is 3. The van der Waals surface area contributed by atoms with Crippen molar-refractivity contribution in [1.29, 1.82) is 0 Å². The maximum absolute atomic E-state index is 13.1. The number of hydrogen-bond donors (Lipinski definition) is 1. The Morgan fingerprint density at radius 1 is 1.22 bits per heavy atom. The third-order valence-electron chi connectivity index (χ3n) is 3.87. The van der Waals surface area contributed by atoms with Crippen molar-refractivity contribution in [2.45, 2.75) is 39.3 Å². The SMILES string of the molecule is CCc1ccc(C(=O)N(Cc2ccc(F)cc2)[C@@H](CC)CO)s1. The highest BCUT2D eigenvalue weighted by molar-refractivity contribution is 7.14. The highest BCUT2D eigenvalue weighted by Gasteiger charge is 2.24. The third kappa shape index (κ3) is 4.39. The molecule has 1 aromatic heterocycles. The minimum Gasteiger partial charge on any atom is -0.394 e. The number of carbonyl (C=O) groups is 1. The van der Waals surface area contributed by atoms with Gasteiger partial charge in [0.1, 0.15) is 5.82 Å². The van der Waals surface area contributed by atoms with E-state index in [1.165, 1.54) is 23.5 Å². The van der Waals surface area contributed by atoms with E-state index >= 15 is 0 Å². The van der Waals surface area contributed by atoms with E-state index in [4.69, 9.17) is 0 Å². The van der Waals surface area contributed by atoms with E-state index < -0.39 is 0 Å². The molecule has 1 heterocycles. The van der Waals surface area contributed by atoms with Crippen LogP contribution in [0.1, 0.15) is 40.4 Å². The second-order valence-corrected chi connectivity index (χ2v) is 6.59. The van der Waals surface area contributed by atoms with Crippen LogP contribution >= 0.6 is 11.3 Å². The van der Waals surface area contributed by atoms with Crippen molar-refractivity contribution >= 4 is 17.2 Å². The summed E-state index contributed by atoms with van der Waals surface area (Å²) in [5, 5.41) is 9.62. The minimum absolute atomic E-state index is 0.0834. The Morgan fingerprint density at radius 2 is 1.91 bits per heavy atom. The molecule has 1 aromatic carbocycles. The number of rotatable bonds is 7. The summed E-state index contributed by atoms with van der Waals surface area (Å²) in [4.78, 5) is 16.4. The lowest BCUT2D eigenvalue weighted by atomic mass is 10.1. The second-order valence-electron chi connectivity index (χ2n) is 5.42. The quantitative estimate of drug-likeness (QED) is 0.834. The fourth-order valence-electron chi connectivity index (χ4n) is 2.43. The van der Waals surface area contributed by atoms with Gasteiger partial charge in [0.25, 0.3) is 5.91 Å². The molecule has 0 radical (unpaired) electrons. The number of aliphatic hydroxyl groups is 1. The van der Waals surface area contributed by atoms with Gasteiger partial charge >= 0.3 is 0 Å². The zero-order valence-corrected chi connectivity index (χ0v) is 14.3. The summed E-state index contributed by atoms with van der Waals surface area (Å²) in [5.41, 5.74) is 0.846. The van der Waals surface area contributed by atoms with Crippen LogP contribution in [0.5, 0.6) is 0 Å². The highest BCUT2D eigenvalue weighted by Crippen LogP contribution is 2.22. The molecule has 23 heavy (non-hydrogen) atoms. The van der Waals surface area contributed by atoms with Crippen LogP contribution < -0.4 is 0 Å². The standard InChI is InChI=1S/C18H22FNO2S/c1-3-15(12-21)20(11-13-5-7-14(19)8-6-13)18(22)17-10-9-16(4-2)23-17/h5-10,15,21H,3-4,11-12H2,1-2H3/t15-/m0/s1. The fourth-order valence-corrected chi connectivity index (χ4v) is 3.33. The van der Waals surface area contributed by atoms with E-state index in [2.05, 4.69) is 6.92 Å². The van der Waals surface area contributed by atoms with Crippen LogP contribution in [0.3, 0.4) is 0 Å². The van der Waals surface area contributed by atoms with Gasteiger partial charge in [-0.3, -0.25) is 4.79 Å². The first kappa shape index (κ1) is 17.6. The number of aliphatic hydroxyl groups excluding tert-OH is 1. The first-order valence-corrected chi connectivity index (χ1v) is 8.65. The van der Waals surface area contributed by atoms with E-state index in [0.29, 0.717) is 17.8 Å². The lowest BCUT2D eigenvalue weighted by Gasteiger charge is -2.29. The van der Waals surface area contributed by atoms with Gasteiger partial charge in [-0.15, -0.1) is 11.3 Å². The third-order valence-corrected chi connectivity index (χ3v) is 5.09. The molecule has 2 aromatic rings. The summed E-state index contributed by atoms with van der Waals surface area (Å²) < 4.78 is 13.1. The average Bonchev–Trinajstić information content (AvgIpc) is 3.05. The van der Waals surface area contributed by atoms with Gasteiger partial charge in [-0.2, -0.15) is 0 Å². The molecule has 0 fully saturated rings. The molecule has 0 spiro atoms. The Labute approximate surface area is 140 Å². The number of thiophene rings is 1. The van der Waals surface area contributed by atoms with Crippen LogP contribution in [-0.2, 0) is 13.0 Å². The van der Waals surface area contributed by atoms with Gasteiger partial charge in [0.2, 0.25) is 0 Å². The van der Waals surface area contributed by atoms with Crippen molar-refractivity contribution in [3.8, 4) is 0 Å². The van der Waals surface area contributed by atoms with Crippen molar-refractivity contribution in [3.05, 3.63) is 57.5 Å². The Bertz CT molecular complexity index is 635. The molecule has 124 valence electrons. The Morgan fingerprint density at radius 3 is 2.43 bits per heavy atom. The molecule has 0 bridgehead atoms. The molecular formula is C18H22FNO2S. The van der Waals surface area contributed by atoms with Crippen LogP contribution in [0.25, 0.3) is 0 Å². The van der Waals surface area contributed by atoms with Crippen molar-refractivity contribution in [2.75, 3.05) is 6.61 Å². The molecule has 0 unspecified atom stereocenters. The topological polar surface area (TPSA) is 40.5 Å². The molecule has 0 saturated heterocycles. The van der Waals surface area contributed by atoms with Gasteiger partial charge in [0, 0.05) is 11.4 Å². The van der Waals surface area contributed by atoms with E-state index in [9.17, 15) is 14.3 Å². The van der Waals surface area contributed by atoms with Crippen molar-refractivity contribution in [2.24, 2.45) is 0 Å². The summed E-state index contributed by atoms with van der Waals surface area (Å²) in [5.74, 6) is -0.383. The smallest absolute Gasteiger partial charge is 0.264 e. The fraction of sp³-hybridized carbons (Fsp3) is 0.389. The highest BCUT2D eigenvalue weighted by atomic mass is 32.1. The average molecular weight is 335 g/mol. The van der Waals surface area contributed by atoms with E-state index in [1.807, 2.05) is 19.1 Å². The van der Waals surface area contributed by atoms with Crippen LogP contribution in [0.2, 0.25) is 0 Å². The molecule has 1 atom stereocenters. The van der Waals surface area contributed by atoms with E-state index in [-0.39, 0.29) is 24.4 Å². The van der Waals surface area contributed by atoms with E-state index in [1.54, 1.807) is 17.0 Å².